The molecule has 3 aliphatic rings. The van der Waals surface area contributed by atoms with Crippen LogP contribution >= 0.6 is 0 Å². The summed E-state index contributed by atoms with van der Waals surface area (Å²) < 4.78 is 0. The Hall–Kier alpha value is -1.71. The van der Waals surface area contributed by atoms with E-state index in [9.17, 15) is 4.79 Å². The van der Waals surface area contributed by atoms with Crippen LogP contribution in [-0.4, -0.2) is 53.8 Å². The predicted octanol–water partition coefficient (Wildman–Crippen LogP) is 4.71. The Bertz CT molecular complexity index is 900. The molecule has 1 unspecified atom stereocenters. The van der Waals surface area contributed by atoms with Crippen LogP contribution in [0.25, 0.3) is 10.8 Å². The topological polar surface area (TPSA) is 23.6 Å². The molecule has 2 aromatic rings. The van der Waals surface area contributed by atoms with Gasteiger partial charge in [0.15, 0.2) is 5.78 Å². The highest BCUT2D eigenvalue weighted by Gasteiger charge is 2.33. The molecule has 0 amide bonds. The number of carbonyl (C=O) groups is 1. The van der Waals surface area contributed by atoms with Gasteiger partial charge >= 0.3 is 0 Å². The van der Waals surface area contributed by atoms with Gasteiger partial charge in [0.1, 0.15) is 0 Å². The Labute approximate surface area is 175 Å². The van der Waals surface area contributed by atoms with E-state index >= 15 is 0 Å². The Morgan fingerprint density at radius 3 is 2.48 bits per heavy atom. The third-order valence-electron chi connectivity index (χ3n) is 7.71. The summed E-state index contributed by atoms with van der Waals surface area (Å²) in [7, 11) is 0. The molecular weight excluding hydrogens is 356 g/mol. The van der Waals surface area contributed by atoms with Crippen molar-refractivity contribution in [1.82, 2.24) is 9.80 Å². The van der Waals surface area contributed by atoms with Gasteiger partial charge in [0.05, 0.1) is 0 Å². The van der Waals surface area contributed by atoms with E-state index in [0.29, 0.717) is 17.9 Å². The van der Waals surface area contributed by atoms with Crippen LogP contribution in [0.3, 0.4) is 0 Å². The van der Waals surface area contributed by atoms with Crippen LogP contribution in [0, 0.1) is 5.92 Å². The molecule has 0 aromatic heterocycles. The van der Waals surface area contributed by atoms with Gasteiger partial charge in [0, 0.05) is 30.1 Å². The lowest BCUT2D eigenvalue weighted by Gasteiger charge is -2.43. The zero-order valence-electron chi connectivity index (χ0n) is 18.0. The number of hydrogen-bond acceptors (Lipinski definition) is 3. The predicted molar refractivity (Wildman–Crippen MR) is 120 cm³/mol. The average molecular weight is 391 g/mol. The fraction of sp³-hybridized carbons (Fsp3) is 0.577. The first-order chi connectivity index (χ1) is 14.1. The zero-order chi connectivity index (χ0) is 20.0. The van der Waals surface area contributed by atoms with Crippen LogP contribution in [0.2, 0.25) is 0 Å². The Balaban J connectivity index is 1.33. The van der Waals surface area contributed by atoms with Gasteiger partial charge < -0.3 is 4.90 Å². The summed E-state index contributed by atoms with van der Waals surface area (Å²) >= 11 is 0. The number of rotatable bonds is 4. The minimum Gasteiger partial charge on any atom is -0.301 e. The third kappa shape index (κ3) is 3.53. The number of carbonyl (C=O) groups excluding carboxylic acids is 1. The Kier molecular flexibility index (Phi) is 5.21. The first-order valence-electron chi connectivity index (χ1n) is 11.7. The lowest BCUT2D eigenvalue weighted by Crippen LogP contribution is -2.50. The number of likely N-dealkylation sites (tertiary alicyclic amines) is 2. The largest absolute Gasteiger partial charge is 0.301 e. The molecule has 1 atom stereocenters. The monoisotopic (exact) mass is 390 g/mol. The van der Waals surface area contributed by atoms with Crippen LogP contribution in [0.5, 0.6) is 0 Å². The van der Waals surface area contributed by atoms with Crippen LogP contribution in [0.4, 0.5) is 0 Å². The molecule has 0 radical (unpaired) electrons. The number of nitrogens with zero attached hydrogens (tertiary/aromatic N) is 2. The van der Waals surface area contributed by atoms with Crippen molar-refractivity contribution in [2.45, 2.75) is 64.5 Å². The number of hydrogen-bond donors (Lipinski definition) is 0. The Morgan fingerprint density at radius 2 is 1.72 bits per heavy atom. The SMILES string of the molecule is CC(C)N1CCC(N2CCCC(C(=O)c3ccc4c5c(cccc35)CC4)C2)CC1. The molecule has 0 N–H and O–H groups in total. The molecule has 0 bridgehead atoms. The molecule has 2 heterocycles. The summed E-state index contributed by atoms with van der Waals surface area (Å²) in [5, 5.41) is 2.57. The first-order valence-corrected chi connectivity index (χ1v) is 11.7. The maximum atomic E-state index is 13.6. The molecule has 2 aromatic carbocycles. The molecule has 3 heteroatoms. The molecule has 154 valence electrons. The van der Waals surface area contributed by atoms with Gasteiger partial charge in [0.2, 0.25) is 0 Å². The van der Waals surface area contributed by atoms with Crippen molar-refractivity contribution >= 4 is 16.6 Å². The maximum absolute atomic E-state index is 13.6. The van der Waals surface area contributed by atoms with E-state index in [1.54, 1.807) is 0 Å². The second-order valence-corrected chi connectivity index (χ2v) is 9.67. The van der Waals surface area contributed by atoms with Gasteiger partial charge in [-0.2, -0.15) is 0 Å². The summed E-state index contributed by atoms with van der Waals surface area (Å²) in [4.78, 5) is 18.8. The van der Waals surface area contributed by atoms with Crippen molar-refractivity contribution in [3.8, 4) is 0 Å². The van der Waals surface area contributed by atoms with E-state index < -0.39 is 0 Å². The summed E-state index contributed by atoms with van der Waals surface area (Å²) in [6, 6.07) is 12.2. The molecule has 1 aliphatic carbocycles. The van der Waals surface area contributed by atoms with E-state index in [0.717, 1.165) is 37.8 Å². The molecule has 0 saturated carbocycles. The normalized spacial score (nSPS) is 23.9. The summed E-state index contributed by atoms with van der Waals surface area (Å²) in [5.74, 6) is 0.537. The van der Waals surface area contributed by atoms with Gasteiger partial charge in [-0.05, 0) is 93.9 Å². The number of Topliss-reactive ketones (excluding diaryl/α,β-unsaturated/α-hetero) is 1. The third-order valence-corrected chi connectivity index (χ3v) is 7.71. The lowest BCUT2D eigenvalue weighted by atomic mass is 9.86. The fourth-order valence-corrected chi connectivity index (χ4v) is 6.00. The molecule has 2 saturated heterocycles. The molecule has 0 spiro atoms. The minimum absolute atomic E-state index is 0.158. The van der Waals surface area contributed by atoms with Gasteiger partial charge in [0.25, 0.3) is 0 Å². The molecule has 3 nitrogen and oxygen atoms in total. The maximum Gasteiger partial charge on any atom is 0.167 e. The molecule has 5 rings (SSSR count). The molecule has 2 aliphatic heterocycles. The van der Waals surface area contributed by atoms with Gasteiger partial charge in [-0.1, -0.05) is 30.3 Å². The highest BCUT2D eigenvalue weighted by Crippen LogP contribution is 2.35. The fourth-order valence-electron chi connectivity index (χ4n) is 6.00. The van der Waals surface area contributed by atoms with Crippen molar-refractivity contribution in [3.63, 3.8) is 0 Å². The standard InChI is InChI=1S/C26H34N2O/c1-18(2)27-15-12-22(13-16-27)28-14-4-6-21(17-28)26(29)24-11-10-20-9-8-19-5-3-7-23(24)25(19)20/h3,5,7,10-11,18,21-22H,4,6,8-9,12-17H2,1-2H3. The quantitative estimate of drug-likeness (QED) is 0.707. The second-order valence-electron chi connectivity index (χ2n) is 9.67. The number of aryl methyl sites for hydroxylation is 2. The zero-order valence-corrected chi connectivity index (χ0v) is 18.0. The van der Waals surface area contributed by atoms with E-state index in [-0.39, 0.29) is 5.92 Å². The number of ketones is 1. The van der Waals surface area contributed by atoms with Crippen LogP contribution in [0.15, 0.2) is 30.3 Å². The van der Waals surface area contributed by atoms with Crippen molar-refractivity contribution < 1.29 is 4.79 Å². The minimum atomic E-state index is 0.158. The average Bonchev–Trinajstić information content (AvgIpc) is 3.19. The van der Waals surface area contributed by atoms with Gasteiger partial charge in [-0.3, -0.25) is 9.69 Å². The number of benzene rings is 2. The highest BCUT2D eigenvalue weighted by atomic mass is 16.1. The van der Waals surface area contributed by atoms with Crippen molar-refractivity contribution in [2.75, 3.05) is 26.2 Å². The number of piperidine rings is 2. The lowest BCUT2D eigenvalue weighted by molar-refractivity contribution is 0.0545. The highest BCUT2D eigenvalue weighted by molar-refractivity contribution is 6.11. The van der Waals surface area contributed by atoms with E-state index in [1.165, 1.54) is 54.4 Å². The Morgan fingerprint density at radius 1 is 0.966 bits per heavy atom. The van der Waals surface area contributed by atoms with E-state index in [4.69, 9.17) is 0 Å². The van der Waals surface area contributed by atoms with E-state index in [2.05, 4.69) is 54.0 Å². The summed E-state index contributed by atoms with van der Waals surface area (Å²) in [5.41, 5.74) is 3.82. The van der Waals surface area contributed by atoms with Crippen LogP contribution in [-0.2, 0) is 12.8 Å². The van der Waals surface area contributed by atoms with Crippen molar-refractivity contribution in [2.24, 2.45) is 5.92 Å². The molecule has 29 heavy (non-hydrogen) atoms. The summed E-state index contributed by atoms with van der Waals surface area (Å²) in [6.45, 7) is 9.12. The van der Waals surface area contributed by atoms with Gasteiger partial charge in [-0.25, -0.2) is 0 Å². The van der Waals surface area contributed by atoms with E-state index in [1.807, 2.05) is 0 Å². The first kappa shape index (κ1) is 19.3. The summed E-state index contributed by atoms with van der Waals surface area (Å²) in [6.07, 6.45) is 6.94. The molecule has 2 fully saturated rings. The van der Waals surface area contributed by atoms with Gasteiger partial charge in [-0.15, -0.1) is 0 Å². The smallest absolute Gasteiger partial charge is 0.167 e. The van der Waals surface area contributed by atoms with Crippen molar-refractivity contribution in [3.05, 3.63) is 47.0 Å². The van der Waals surface area contributed by atoms with Crippen molar-refractivity contribution in [1.29, 1.82) is 0 Å². The van der Waals surface area contributed by atoms with Crippen LogP contribution in [0.1, 0.15) is 61.0 Å². The second kappa shape index (κ2) is 7.85. The molecular formula is C26H34N2O. The van der Waals surface area contributed by atoms with Crippen LogP contribution < -0.4 is 0 Å².